The number of esters is 2. The predicted molar refractivity (Wildman–Crippen MR) is 197 cm³/mol. The Morgan fingerprint density at radius 3 is 2.69 bits per heavy atom. The molecule has 4 bridgehead atoms. The van der Waals surface area contributed by atoms with Crippen LogP contribution >= 0.6 is 0 Å². The fraction of sp³-hybridized carbons (Fsp3) is 0.571. The molecule has 0 radical (unpaired) electrons. The summed E-state index contributed by atoms with van der Waals surface area (Å²) in [6.45, 7) is 8.47. The van der Waals surface area contributed by atoms with Gasteiger partial charge in [0.25, 0.3) is 0 Å². The average Bonchev–Trinajstić information content (AvgIpc) is 3.85. The van der Waals surface area contributed by atoms with Gasteiger partial charge in [0.2, 0.25) is 0 Å². The third-order valence-corrected chi connectivity index (χ3v) is 15.0. The summed E-state index contributed by atoms with van der Waals surface area (Å²) in [7, 11) is 3.00. The number of hydrogen-bond donors (Lipinski definition) is 3. The van der Waals surface area contributed by atoms with Gasteiger partial charge in [0.15, 0.2) is 17.2 Å². The fourth-order valence-corrected chi connectivity index (χ4v) is 13.2. The first kappa shape index (κ1) is 32.6. The number of H-pyrrole nitrogens is 1. The Hall–Kier alpha value is -4.02. The van der Waals surface area contributed by atoms with Gasteiger partial charge in [0, 0.05) is 42.0 Å². The second kappa shape index (κ2) is 11.2. The van der Waals surface area contributed by atoms with Crippen LogP contribution in [-0.4, -0.2) is 84.3 Å². The van der Waals surface area contributed by atoms with Gasteiger partial charge in [0.1, 0.15) is 5.41 Å². The highest BCUT2D eigenvalue weighted by Crippen LogP contribution is 2.66. The minimum atomic E-state index is -0.810. The number of carbonyl (C=O) groups excluding carboxylic acids is 2. The number of nitrogens with one attached hydrogen (secondary N) is 2. The van der Waals surface area contributed by atoms with Gasteiger partial charge in [-0.2, -0.15) is 0 Å². The minimum Gasteiger partial charge on any atom is -0.504 e. The lowest BCUT2D eigenvalue weighted by Gasteiger charge is -2.57. The summed E-state index contributed by atoms with van der Waals surface area (Å²) in [5, 5.41) is 16.3. The van der Waals surface area contributed by atoms with Crippen molar-refractivity contribution in [3.05, 3.63) is 58.4 Å². The maximum absolute atomic E-state index is 14.1. The topological polar surface area (TPSA) is 116 Å². The molecule has 3 aromatic rings. The standard InChI is InChI=1S/C42H50N4O6/c1-5-24-19-23-20-42(39(49)51-4)34-26(13-17-46(22-23)36(24)42)25-11-12-29(47)33(31(25)43-34)52-30-10-7-9-28-32(30)44-35-27(37(48)50-3)21-40(6-2)14-8-16-45-18-15-41(28,35)38(40)45/h7,9-12,23-24,36,38,43-44,47H,5-6,8,13-22H2,1-4H3. The highest BCUT2D eigenvalue weighted by atomic mass is 16.5. The molecule has 11 rings (SSSR count). The van der Waals surface area contributed by atoms with Crippen LogP contribution < -0.4 is 10.1 Å². The molecule has 1 saturated carbocycles. The van der Waals surface area contributed by atoms with E-state index in [1.54, 1.807) is 6.07 Å². The first-order chi connectivity index (χ1) is 25.2. The Morgan fingerprint density at radius 1 is 1.04 bits per heavy atom. The van der Waals surface area contributed by atoms with Crippen molar-refractivity contribution in [2.75, 3.05) is 45.7 Å². The van der Waals surface area contributed by atoms with Crippen molar-refractivity contribution in [3.63, 3.8) is 0 Å². The Morgan fingerprint density at radius 2 is 1.90 bits per heavy atom. The van der Waals surface area contributed by atoms with E-state index in [0.29, 0.717) is 35.3 Å². The molecule has 1 aromatic heterocycles. The summed E-state index contributed by atoms with van der Waals surface area (Å²) in [5.41, 5.74) is 5.23. The van der Waals surface area contributed by atoms with E-state index in [1.807, 2.05) is 18.2 Å². The van der Waals surface area contributed by atoms with E-state index in [-0.39, 0.29) is 40.6 Å². The molecule has 1 spiro atoms. The van der Waals surface area contributed by atoms with Gasteiger partial charge >= 0.3 is 11.9 Å². The number of rotatable bonds is 6. The van der Waals surface area contributed by atoms with Crippen LogP contribution in [0.4, 0.5) is 5.69 Å². The molecule has 52 heavy (non-hydrogen) atoms. The maximum atomic E-state index is 14.1. The van der Waals surface area contributed by atoms with Crippen LogP contribution in [-0.2, 0) is 36.3 Å². The Bertz CT molecular complexity index is 2070. The quantitative estimate of drug-likeness (QED) is 0.247. The van der Waals surface area contributed by atoms with Crippen LogP contribution in [0.5, 0.6) is 17.2 Å². The average molecular weight is 707 g/mol. The van der Waals surface area contributed by atoms with Crippen molar-refractivity contribution in [2.45, 2.75) is 94.5 Å². The number of aromatic hydroxyl groups is 1. The third-order valence-electron chi connectivity index (χ3n) is 15.0. The lowest BCUT2D eigenvalue weighted by Crippen LogP contribution is -2.67. The molecule has 7 heterocycles. The number of nitrogens with zero attached hydrogens (tertiary/aromatic N) is 2. The van der Waals surface area contributed by atoms with Crippen molar-refractivity contribution in [1.82, 2.24) is 14.8 Å². The third kappa shape index (κ3) is 3.92. The molecular weight excluding hydrogens is 656 g/mol. The Balaban J connectivity index is 1.13. The van der Waals surface area contributed by atoms with Gasteiger partial charge in [-0.25, -0.2) is 4.79 Å². The molecule has 0 amide bonds. The normalized spacial score (nSPS) is 35.3. The summed E-state index contributed by atoms with van der Waals surface area (Å²) in [6, 6.07) is 10.2. The number of benzene rings is 2. The van der Waals surface area contributed by atoms with Crippen LogP contribution in [0.15, 0.2) is 41.6 Å². The number of aromatic nitrogens is 1. The molecule has 10 nitrogen and oxygen atoms in total. The van der Waals surface area contributed by atoms with Gasteiger partial charge in [-0.1, -0.05) is 32.4 Å². The van der Waals surface area contributed by atoms with Gasteiger partial charge in [-0.3, -0.25) is 14.6 Å². The number of para-hydroxylation sites is 1. The monoisotopic (exact) mass is 706 g/mol. The molecule has 6 aliphatic heterocycles. The number of phenolic OH excluding ortho intramolecular Hbond substituents is 1. The van der Waals surface area contributed by atoms with Crippen LogP contribution in [0.25, 0.3) is 10.9 Å². The van der Waals surface area contributed by atoms with Crippen molar-refractivity contribution in [1.29, 1.82) is 0 Å². The largest absolute Gasteiger partial charge is 0.504 e. The molecule has 2 aliphatic carbocycles. The lowest BCUT2D eigenvalue weighted by atomic mass is 9.53. The molecule has 4 saturated heterocycles. The molecule has 2 aromatic carbocycles. The number of ether oxygens (including phenoxy) is 3. The summed E-state index contributed by atoms with van der Waals surface area (Å²) in [5.74, 6) is 1.35. The van der Waals surface area contributed by atoms with Gasteiger partial charge in [0.05, 0.1) is 36.4 Å². The van der Waals surface area contributed by atoms with E-state index >= 15 is 0 Å². The minimum absolute atomic E-state index is 0.0195. The Labute approximate surface area is 304 Å². The van der Waals surface area contributed by atoms with E-state index in [4.69, 9.17) is 14.2 Å². The molecular formula is C42H50N4O6. The van der Waals surface area contributed by atoms with E-state index in [2.05, 4.69) is 40.0 Å². The zero-order valence-electron chi connectivity index (χ0n) is 30.8. The van der Waals surface area contributed by atoms with Crippen molar-refractivity contribution in [3.8, 4) is 17.2 Å². The summed E-state index contributed by atoms with van der Waals surface area (Å²) in [4.78, 5) is 36.7. The van der Waals surface area contributed by atoms with Gasteiger partial charge in [-0.15, -0.1) is 0 Å². The number of hydrogen-bond acceptors (Lipinski definition) is 9. The number of anilines is 1. The first-order valence-corrected chi connectivity index (χ1v) is 19.6. The Kier molecular flexibility index (Phi) is 7.05. The molecule has 274 valence electrons. The zero-order chi connectivity index (χ0) is 35.7. The number of phenols is 1. The number of fused-ring (bicyclic) bond motifs is 5. The highest BCUT2D eigenvalue weighted by Gasteiger charge is 2.67. The fourth-order valence-electron chi connectivity index (χ4n) is 13.2. The zero-order valence-corrected chi connectivity index (χ0v) is 30.8. The first-order valence-electron chi connectivity index (χ1n) is 19.6. The molecule has 8 unspecified atom stereocenters. The van der Waals surface area contributed by atoms with Crippen molar-refractivity contribution >= 4 is 28.5 Å². The van der Waals surface area contributed by atoms with E-state index in [0.717, 1.165) is 117 Å². The summed E-state index contributed by atoms with van der Waals surface area (Å²) < 4.78 is 18.0. The van der Waals surface area contributed by atoms with Crippen LogP contribution in [0, 0.1) is 17.3 Å². The van der Waals surface area contributed by atoms with Gasteiger partial charge < -0.3 is 29.6 Å². The number of piperidine rings is 3. The smallest absolute Gasteiger partial charge is 0.335 e. The SMILES string of the molecule is CCC1CC2CN3CCc4c([nH]c5c(Oc6cccc7c6NC6=C(C(=O)OC)CC8(CC)CCCN9CCC67C98)c(O)ccc45)C(C(=O)OC)(C2)C13. The second-order valence-corrected chi connectivity index (χ2v) is 16.8. The summed E-state index contributed by atoms with van der Waals surface area (Å²) in [6.07, 6.45) is 8.53. The van der Waals surface area contributed by atoms with E-state index < -0.39 is 5.41 Å². The summed E-state index contributed by atoms with van der Waals surface area (Å²) >= 11 is 0. The predicted octanol–water partition coefficient (Wildman–Crippen LogP) is 6.51. The molecule has 3 N–H and O–H groups in total. The second-order valence-electron chi connectivity index (χ2n) is 16.8. The van der Waals surface area contributed by atoms with Crippen LogP contribution in [0.1, 0.15) is 82.0 Å². The molecule has 5 fully saturated rings. The molecule has 8 aliphatic rings. The van der Waals surface area contributed by atoms with E-state index in [1.165, 1.54) is 14.2 Å². The number of methoxy groups -OCH3 is 2. The lowest BCUT2D eigenvalue weighted by molar-refractivity contribution is -0.162. The maximum Gasteiger partial charge on any atom is 0.335 e. The number of carbonyl (C=O) groups is 2. The van der Waals surface area contributed by atoms with Crippen LogP contribution in [0.3, 0.4) is 0 Å². The number of aromatic amines is 1. The van der Waals surface area contributed by atoms with Crippen molar-refractivity contribution < 1.29 is 28.9 Å². The molecule has 8 atom stereocenters. The highest BCUT2D eigenvalue weighted by molar-refractivity contribution is 5.97. The van der Waals surface area contributed by atoms with E-state index in [9.17, 15) is 14.7 Å². The molecule has 10 heteroatoms. The van der Waals surface area contributed by atoms with Crippen LogP contribution in [0.2, 0.25) is 0 Å². The van der Waals surface area contributed by atoms with Gasteiger partial charge in [-0.05, 0) is 111 Å². The van der Waals surface area contributed by atoms with Crippen molar-refractivity contribution in [2.24, 2.45) is 17.3 Å².